The Kier molecular flexibility index (Phi) is 6.90. The second kappa shape index (κ2) is 8.21. The van der Waals surface area contributed by atoms with Crippen LogP contribution in [-0.2, 0) is 17.7 Å². The van der Waals surface area contributed by atoms with Crippen molar-refractivity contribution in [3.8, 4) is 0 Å². The van der Waals surface area contributed by atoms with Gasteiger partial charge in [-0.15, -0.1) is 0 Å². The van der Waals surface area contributed by atoms with Gasteiger partial charge in [0.2, 0.25) is 0 Å². The molecule has 1 atom stereocenters. The molecule has 0 aliphatic carbocycles. The number of methoxy groups -OCH3 is 1. The second-order valence-corrected chi connectivity index (χ2v) is 5.08. The molecule has 0 radical (unpaired) electrons. The maximum atomic E-state index is 5.09. The Labute approximate surface area is 110 Å². The number of hydrogen-bond donors (Lipinski definition) is 1. The first-order valence-electron chi connectivity index (χ1n) is 6.70. The van der Waals surface area contributed by atoms with Gasteiger partial charge in [0.15, 0.2) is 0 Å². The molecule has 0 amide bonds. The molecule has 0 saturated carbocycles. The highest BCUT2D eigenvalue weighted by Gasteiger charge is 2.12. The van der Waals surface area contributed by atoms with Gasteiger partial charge in [-0.05, 0) is 25.8 Å². The maximum Gasteiger partial charge on any atom is 0.138 e. The number of rotatable bonds is 9. The maximum absolute atomic E-state index is 5.09. The minimum Gasteiger partial charge on any atom is -0.385 e. The molecule has 1 aromatic rings. The summed E-state index contributed by atoms with van der Waals surface area (Å²) in [4.78, 5) is 4.37. The Morgan fingerprint density at radius 1 is 1.44 bits per heavy atom. The van der Waals surface area contributed by atoms with Crippen molar-refractivity contribution in [2.24, 2.45) is 5.92 Å². The molecule has 1 unspecified atom stereocenters. The van der Waals surface area contributed by atoms with Crippen molar-refractivity contribution in [1.29, 1.82) is 0 Å². The zero-order chi connectivity index (χ0) is 13.4. The number of aromatic nitrogens is 3. The topological polar surface area (TPSA) is 52.0 Å². The Balaban J connectivity index is 2.50. The first kappa shape index (κ1) is 15.1. The molecule has 0 saturated heterocycles. The van der Waals surface area contributed by atoms with Gasteiger partial charge in [0.25, 0.3) is 0 Å². The van der Waals surface area contributed by atoms with E-state index in [-0.39, 0.29) is 0 Å². The van der Waals surface area contributed by atoms with Crippen LogP contribution in [0.2, 0.25) is 0 Å². The van der Waals surface area contributed by atoms with Crippen LogP contribution >= 0.6 is 0 Å². The van der Waals surface area contributed by atoms with E-state index in [4.69, 9.17) is 4.74 Å². The predicted molar refractivity (Wildman–Crippen MR) is 72.5 cm³/mol. The molecule has 1 rings (SSSR count). The average molecular weight is 254 g/mol. The number of hydrogen-bond acceptors (Lipinski definition) is 4. The van der Waals surface area contributed by atoms with Gasteiger partial charge in [-0.25, -0.2) is 9.67 Å². The van der Waals surface area contributed by atoms with Crippen molar-refractivity contribution in [1.82, 2.24) is 20.1 Å². The Morgan fingerprint density at radius 3 is 2.83 bits per heavy atom. The summed E-state index contributed by atoms with van der Waals surface area (Å²) in [5.41, 5.74) is 0. The first-order valence-corrected chi connectivity index (χ1v) is 6.70. The average Bonchev–Trinajstić information content (AvgIpc) is 2.74. The molecule has 0 bridgehead atoms. The van der Waals surface area contributed by atoms with Crippen LogP contribution < -0.4 is 5.32 Å². The number of likely N-dealkylation sites (N-methyl/N-ethyl adjacent to an activating group) is 1. The highest BCUT2D eigenvalue weighted by molar-refractivity contribution is 4.89. The largest absolute Gasteiger partial charge is 0.385 e. The quantitative estimate of drug-likeness (QED) is 0.678. The van der Waals surface area contributed by atoms with Gasteiger partial charge in [-0.2, -0.15) is 5.10 Å². The molecule has 18 heavy (non-hydrogen) atoms. The van der Waals surface area contributed by atoms with Gasteiger partial charge < -0.3 is 10.1 Å². The van der Waals surface area contributed by atoms with Crippen LogP contribution in [0.3, 0.4) is 0 Å². The standard InChI is InChI=1S/C13H26N4O/c1-11(2)9-17-13(15-10-16-17)8-12(14-3)6-5-7-18-4/h10-12,14H,5-9H2,1-4H3. The molecule has 0 aliphatic heterocycles. The van der Waals surface area contributed by atoms with Crippen LogP contribution in [0.15, 0.2) is 6.33 Å². The summed E-state index contributed by atoms with van der Waals surface area (Å²) in [5.74, 6) is 1.66. The van der Waals surface area contributed by atoms with Gasteiger partial charge in [-0.1, -0.05) is 13.8 Å². The van der Waals surface area contributed by atoms with Gasteiger partial charge in [0.05, 0.1) is 0 Å². The lowest BCUT2D eigenvalue weighted by Crippen LogP contribution is -2.29. The fourth-order valence-electron chi connectivity index (χ4n) is 1.99. The Hall–Kier alpha value is -0.940. The van der Waals surface area contributed by atoms with Crippen LogP contribution in [0.5, 0.6) is 0 Å². The fourth-order valence-corrected chi connectivity index (χ4v) is 1.99. The molecule has 0 fully saturated rings. The molecule has 1 N–H and O–H groups in total. The summed E-state index contributed by atoms with van der Waals surface area (Å²) in [6, 6.07) is 0.440. The smallest absolute Gasteiger partial charge is 0.138 e. The highest BCUT2D eigenvalue weighted by atomic mass is 16.5. The van der Waals surface area contributed by atoms with E-state index < -0.39 is 0 Å². The lowest BCUT2D eigenvalue weighted by molar-refractivity contribution is 0.189. The van der Waals surface area contributed by atoms with E-state index in [0.717, 1.165) is 38.2 Å². The van der Waals surface area contributed by atoms with Gasteiger partial charge in [0, 0.05) is 32.7 Å². The Morgan fingerprint density at radius 2 is 2.22 bits per heavy atom. The zero-order valence-electron chi connectivity index (χ0n) is 12.0. The van der Waals surface area contributed by atoms with Crippen molar-refractivity contribution in [2.45, 2.75) is 45.7 Å². The minimum atomic E-state index is 0.440. The minimum absolute atomic E-state index is 0.440. The van der Waals surface area contributed by atoms with E-state index >= 15 is 0 Å². The van der Waals surface area contributed by atoms with Crippen LogP contribution in [-0.4, -0.2) is 41.6 Å². The first-order chi connectivity index (χ1) is 8.67. The van der Waals surface area contributed by atoms with Gasteiger partial charge in [0.1, 0.15) is 12.2 Å². The molecule has 5 nitrogen and oxygen atoms in total. The van der Waals surface area contributed by atoms with Crippen LogP contribution in [0, 0.1) is 5.92 Å². The van der Waals surface area contributed by atoms with E-state index in [1.807, 2.05) is 11.7 Å². The molecule has 104 valence electrons. The van der Waals surface area contributed by atoms with Crippen molar-refractivity contribution < 1.29 is 4.74 Å². The summed E-state index contributed by atoms with van der Waals surface area (Å²) in [6.07, 6.45) is 4.74. The normalized spacial score (nSPS) is 13.2. The number of ether oxygens (including phenoxy) is 1. The molecule has 0 spiro atoms. The SMILES string of the molecule is CNC(CCCOC)Cc1ncnn1CC(C)C. The predicted octanol–water partition coefficient (Wildman–Crippen LogP) is 1.49. The molecule has 0 aliphatic rings. The van der Waals surface area contributed by atoms with E-state index in [1.165, 1.54) is 0 Å². The lowest BCUT2D eigenvalue weighted by atomic mass is 10.1. The molecule has 5 heteroatoms. The third-order valence-corrected chi connectivity index (χ3v) is 2.97. The summed E-state index contributed by atoms with van der Waals surface area (Å²) >= 11 is 0. The van der Waals surface area contributed by atoms with E-state index in [2.05, 4.69) is 29.2 Å². The van der Waals surface area contributed by atoms with Crippen LogP contribution in [0.4, 0.5) is 0 Å². The molecule has 0 aromatic carbocycles. The van der Waals surface area contributed by atoms with Crippen molar-refractivity contribution in [3.05, 3.63) is 12.2 Å². The second-order valence-electron chi connectivity index (χ2n) is 5.08. The van der Waals surface area contributed by atoms with Crippen molar-refractivity contribution in [2.75, 3.05) is 20.8 Å². The summed E-state index contributed by atoms with van der Waals surface area (Å²) in [5, 5.41) is 7.64. The molecule has 1 heterocycles. The summed E-state index contributed by atoms with van der Waals surface area (Å²) in [7, 11) is 3.74. The lowest BCUT2D eigenvalue weighted by Gasteiger charge is -2.16. The van der Waals surface area contributed by atoms with Crippen LogP contribution in [0.25, 0.3) is 0 Å². The van der Waals surface area contributed by atoms with Crippen molar-refractivity contribution in [3.63, 3.8) is 0 Å². The van der Waals surface area contributed by atoms with Crippen LogP contribution in [0.1, 0.15) is 32.5 Å². The van der Waals surface area contributed by atoms with Gasteiger partial charge in [-0.3, -0.25) is 0 Å². The zero-order valence-corrected chi connectivity index (χ0v) is 12.0. The molecule has 1 aromatic heterocycles. The highest BCUT2D eigenvalue weighted by Crippen LogP contribution is 2.07. The molecular formula is C13H26N4O. The number of nitrogens with zero attached hydrogens (tertiary/aromatic N) is 3. The Bertz CT molecular complexity index is 325. The summed E-state index contributed by atoms with van der Waals surface area (Å²) < 4.78 is 7.11. The summed E-state index contributed by atoms with van der Waals surface area (Å²) in [6.45, 7) is 6.14. The third-order valence-electron chi connectivity index (χ3n) is 2.97. The number of nitrogens with one attached hydrogen (secondary N) is 1. The van der Waals surface area contributed by atoms with Crippen molar-refractivity contribution >= 4 is 0 Å². The molecular weight excluding hydrogens is 228 g/mol. The monoisotopic (exact) mass is 254 g/mol. The van der Waals surface area contributed by atoms with E-state index in [9.17, 15) is 0 Å². The van der Waals surface area contributed by atoms with E-state index in [0.29, 0.717) is 12.0 Å². The fraction of sp³-hybridized carbons (Fsp3) is 0.846. The third kappa shape index (κ3) is 5.14. The van der Waals surface area contributed by atoms with E-state index in [1.54, 1.807) is 13.4 Å². The van der Waals surface area contributed by atoms with Gasteiger partial charge >= 0.3 is 0 Å².